The predicted molar refractivity (Wildman–Crippen MR) is 274 cm³/mol. The summed E-state index contributed by atoms with van der Waals surface area (Å²) in [5.74, 6) is 1.70. The molecular weight excluding hydrogens is 952 g/mol. The van der Waals surface area contributed by atoms with Crippen molar-refractivity contribution < 1.29 is 24.2 Å². The van der Waals surface area contributed by atoms with Gasteiger partial charge in [0.1, 0.15) is 40.9 Å². The number of pyridine rings is 1. The Bertz CT molecular complexity index is 3190. The number of aromatic nitrogens is 8. The first-order valence-electron chi connectivity index (χ1n) is 24.3. The molecule has 3 amide bonds. The van der Waals surface area contributed by atoms with Crippen LogP contribution in [0.4, 0.5) is 0 Å². The summed E-state index contributed by atoms with van der Waals surface area (Å²) < 4.78 is 12.0. The molecule has 372 valence electrons. The first-order chi connectivity index (χ1) is 34.6. The van der Waals surface area contributed by atoms with Crippen LogP contribution in [0, 0.1) is 33.6 Å². The molecule has 17 nitrogen and oxygen atoms in total. The summed E-state index contributed by atoms with van der Waals surface area (Å²) in [5.41, 5.74) is 7.25. The number of halogens is 1. The number of hydrogen-bond donors (Lipinski definition) is 3. The lowest BCUT2D eigenvalue weighted by atomic mass is 9.89. The number of aliphatic imine (C=N–C) groups is 1. The lowest BCUT2D eigenvalue weighted by Gasteiger charge is -2.35. The fourth-order valence-corrected chi connectivity index (χ4v) is 11.3. The number of hydrogen-bond acceptors (Lipinski definition) is 12. The van der Waals surface area contributed by atoms with Crippen molar-refractivity contribution in [2.75, 3.05) is 6.54 Å². The van der Waals surface area contributed by atoms with Crippen LogP contribution < -0.4 is 15.4 Å². The van der Waals surface area contributed by atoms with E-state index in [1.54, 1.807) is 34.6 Å². The van der Waals surface area contributed by atoms with E-state index in [-0.39, 0.29) is 61.2 Å². The summed E-state index contributed by atoms with van der Waals surface area (Å²) >= 11 is 7.95. The highest BCUT2D eigenvalue weighted by Gasteiger charge is 2.43. The quantitative estimate of drug-likeness (QED) is 0.0970. The highest BCUT2D eigenvalue weighted by Crippen LogP contribution is 2.40. The van der Waals surface area contributed by atoms with Gasteiger partial charge in [-0.3, -0.25) is 28.6 Å². The number of aliphatic hydroxyl groups is 1. The minimum atomic E-state index is -0.848. The maximum Gasteiger partial charge on any atom is 0.248 e. The Kier molecular flexibility index (Phi) is 13.4. The number of aryl methyl sites for hydroxylation is 3. The van der Waals surface area contributed by atoms with Gasteiger partial charge in [0.15, 0.2) is 5.82 Å². The molecule has 7 aromatic rings. The third kappa shape index (κ3) is 9.57. The highest BCUT2D eigenvalue weighted by molar-refractivity contribution is 7.15. The number of ether oxygens (including phenoxy) is 1. The van der Waals surface area contributed by atoms with E-state index in [4.69, 9.17) is 21.3 Å². The summed E-state index contributed by atoms with van der Waals surface area (Å²) in [6.45, 7) is 13.9. The summed E-state index contributed by atoms with van der Waals surface area (Å²) in [6.07, 6.45) is 9.25. The van der Waals surface area contributed by atoms with Crippen molar-refractivity contribution in [3.63, 3.8) is 0 Å². The number of β-amino-alcohol motifs (C(OH)–C–C–N with tert-alkyl or cyclic N) is 1. The molecule has 72 heavy (non-hydrogen) atoms. The average molecular weight is 1010 g/mol. The van der Waals surface area contributed by atoms with Crippen LogP contribution in [0.3, 0.4) is 0 Å². The van der Waals surface area contributed by atoms with Gasteiger partial charge in [0.25, 0.3) is 0 Å². The molecule has 19 heteroatoms. The number of carbonyl (C=O) groups is 3. The molecule has 10 rings (SSSR count). The van der Waals surface area contributed by atoms with E-state index in [1.165, 1.54) is 9.78 Å². The maximum absolute atomic E-state index is 14.4. The van der Waals surface area contributed by atoms with Gasteiger partial charge in [0, 0.05) is 95.0 Å². The van der Waals surface area contributed by atoms with Crippen molar-refractivity contribution in [3.8, 4) is 27.7 Å². The Morgan fingerprint density at radius 1 is 0.903 bits per heavy atom. The van der Waals surface area contributed by atoms with Crippen molar-refractivity contribution in [2.24, 2.45) is 10.9 Å². The Balaban J connectivity index is 0.762. The first kappa shape index (κ1) is 48.6. The summed E-state index contributed by atoms with van der Waals surface area (Å²) in [7, 11) is 0. The smallest absolute Gasteiger partial charge is 0.248 e. The van der Waals surface area contributed by atoms with Crippen LogP contribution >= 0.6 is 22.9 Å². The molecular formula is C53H57ClN12O5S. The summed E-state index contributed by atoms with van der Waals surface area (Å²) in [4.78, 5) is 58.7. The summed E-state index contributed by atoms with van der Waals surface area (Å²) in [5, 5.41) is 32.3. The van der Waals surface area contributed by atoms with Gasteiger partial charge >= 0.3 is 0 Å². The topological polar surface area (TPSA) is 200 Å². The second kappa shape index (κ2) is 19.9. The SMILES string of the molecule is Cc1sc2c(c1C)C(c1ccc(Cl)cc1)=N[C@@H](CC(=O)NC1CC(Oc3cc(-c4cnn(C(C(=O)N5C[C@H](O)C[C@H]5C(=O)N[C@@H](C)c5ccc(-n6ccnc6C)cc5)C(C)C)c4)ccn3)C1)c1nnc(C)n1-2. The molecule has 5 aromatic heterocycles. The zero-order chi connectivity index (χ0) is 50.5. The maximum atomic E-state index is 14.4. The van der Waals surface area contributed by atoms with E-state index < -0.39 is 24.2 Å². The van der Waals surface area contributed by atoms with Crippen LogP contribution in [-0.4, -0.2) is 103 Å². The van der Waals surface area contributed by atoms with Gasteiger partial charge in [-0.05, 0) is 87.6 Å². The predicted octanol–water partition coefficient (Wildman–Crippen LogP) is 7.70. The largest absolute Gasteiger partial charge is 0.474 e. The van der Waals surface area contributed by atoms with Gasteiger partial charge in [-0.15, -0.1) is 21.5 Å². The fourth-order valence-electron chi connectivity index (χ4n) is 9.98. The first-order valence-corrected chi connectivity index (χ1v) is 25.5. The normalized spacial score (nSPS) is 20.2. The number of imidazole rings is 1. The molecule has 2 aliphatic heterocycles. The molecule has 3 aliphatic rings. The number of rotatable bonds is 14. The van der Waals surface area contributed by atoms with E-state index in [0.717, 1.165) is 61.4 Å². The summed E-state index contributed by atoms with van der Waals surface area (Å²) in [6, 6.07) is 16.6. The number of nitrogens with zero attached hydrogens (tertiary/aromatic N) is 10. The van der Waals surface area contributed by atoms with E-state index in [9.17, 15) is 19.5 Å². The van der Waals surface area contributed by atoms with Gasteiger partial charge in [-0.1, -0.05) is 49.7 Å². The zero-order valence-electron chi connectivity index (χ0n) is 41.2. The molecule has 1 saturated heterocycles. The zero-order valence-corrected chi connectivity index (χ0v) is 42.7. The second-order valence-corrected chi connectivity index (χ2v) is 21.1. The van der Waals surface area contributed by atoms with Gasteiger partial charge in [0.2, 0.25) is 23.6 Å². The van der Waals surface area contributed by atoms with Gasteiger partial charge in [-0.2, -0.15) is 5.10 Å². The van der Waals surface area contributed by atoms with Crippen LogP contribution in [0.2, 0.25) is 5.02 Å². The average Bonchev–Trinajstić information content (AvgIpc) is 4.19. The number of benzene rings is 2. The monoisotopic (exact) mass is 1010 g/mol. The Labute approximate surface area is 426 Å². The number of amides is 3. The van der Waals surface area contributed by atoms with Crippen LogP contribution in [0.1, 0.15) is 109 Å². The Morgan fingerprint density at radius 3 is 2.39 bits per heavy atom. The number of thiophene rings is 1. The third-order valence-electron chi connectivity index (χ3n) is 14.0. The standard InChI is InChI=1S/C53H57ClN12O5S/c1-28(2)49(52(70)64-27-41(67)23-44(64)51(69)58-30(4)34-10-14-40(15-11-34)63-19-18-55-32(63)6)65-26-37(25-57-65)36-16-17-56-46(20-36)71-42-21-39(22-42)59-45(68)24-43-50-62-61-33(7)66(50)53-47(29(3)31(5)72-53)48(60-43)35-8-12-38(54)13-9-35/h8-20,25-26,28,30,39,41-44,49,67H,21-24,27H2,1-7H3,(H,58,69)(H,59,68)/t30-,39?,41+,42?,43-,44-,49?/m0/s1. The van der Waals surface area contributed by atoms with E-state index in [1.807, 2.05) is 117 Å². The molecule has 0 bridgehead atoms. The molecule has 7 heterocycles. The van der Waals surface area contributed by atoms with E-state index >= 15 is 0 Å². The van der Waals surface area contributed by atoms with Crippen LogP contribution in [-0.2, 0) is 14.4 Å². The molecule has 2 fully saturated rings. The van der Waals surface area contributed by atoms with Crippen molar-refractivity contribution in [2.45, 2.75) is 117 Å². The minimum Gasteiger partial charge on any atom is -0.474 e. The van der Waals surface area contributed by atoms with Crippen molar-refractivity contribution in [3.05, 3.63) is 141 Å². The van der Waals surface area contributed by atoms with Gasteiger partial charge in [0.05, 0.1) is 30.5 Å². The lowest BCUT2D eigenvalue weighted by molar-refractivity contribution is -0.142. The number of nitrogens with one attached hydrogen (secondary N) is 2. The third-order valence-corrected chi connectivity index (χ3v) is 15.5. The molecule has 2 aromatic carbocycles. The van der Waals surface area contributed by atoms with Crippen molar-refractivity contribution >= 4 is 46.4 Å². The van der Waals surface area contributed by atoms with Crippen molar-refractivity contribution in [1.29, 1.82) is 0 Å². The number of fused-ring (bicyclic) bond motifs is 3. The number of aliphatic hydroxyl groups excluding tert-OH is 1. The lowest BCUT2D eigenvalue weighted by Crippen LogP contribution is -2.49. The second-order valence-electron chi connectivity index (χ2n) is 19.4. The molecule has 0 radical (unpaired) electrons. The van der Waals surface area contributed by atoms with Crippen LogP contribution in [0.25, 0.3) is 21.8 Å². The molecule has 5 atom stereocenters. The fraction of sp³-hybridized carbons (Fsp3) is 0.377. The van der Waals surface area contributed by atoms with Gasteiger partial charge < -0.3 is 29.9 Å². The van der Waals surface area contributed by atoms with Crippen molar-refractivity contribution in [1.82, 2.24) is 54.6 Å². The van der Waals surface area contributed by atoms with E-state index in [0.29, 0.717) is 29.6 Å². The molecule has 1 saturated carbocycles. The Morgan fingerprint density at radius 2 is 1.67 bits per heavy atom. The Hall–Kier alpha value is -7.02. The minimum absolute atomic E-state index is 0.0408. The molecule has 1 unspecified atom stereocenters. The van der Waals surface area contributed by atoms with E-state index in [2.05, 4.69) is 49.7 Å². The number of carbonyl (C=O) groups excluding carboxylic acids is 3. The van der Waals surface area contributed by atoms with Gasteiger partial charge in [-0.25, -0.2) is 9.97 Å². The number of likely N-dealkylation sites (tertiary alicyclic amines) is 1. The molecule has 1 aliphatic carbocycles. The van der Waals surface area contributed by atoms with Crippen LogP contribution in [0.5, 0.6) is 5.88 Å². The highest BCUT2D eigenvalue weighted by atomic mass is 35.5. The molecule has 3 N–H and O–H groups in total. The van der Waals surface area contributed by atoms with Crippen LogP contribution in [0.15, 0.2) is 96.6 Å². The molecule has 0 spiro atoms.